The Morgan fingerprint density at radius 2 is 1.87 bits per heavy atom. The van der Waals surface area contributed by atoms with Gasteiger partial charge in [0.1, 0.15) is 5.82 Å². The number of guanidine groups is 1. The lowest BCUT2D eigenvalue weighted by Gasteiger charge is -2.34. The van der Waals surface area contributed by atoms with E-state index in [-0.39, 0.29) is 11.9 Å². The normalized spacial score (nSPS) is 24.9. The molecule has 30 heavy (non-hydrogen) atoms. The molecule has 0 spiro atoms. The van der Waals surface area contributed by atoms with Gasteiger partial charge in [-0.05, 0) is 44.4 Å². The molecule has 1 aromatic rings. The summed E-state index contributed by atoms with van der Waals surface area (Å²) in [6.45, 7) is 15.7. The van der Waals surface area contributed by atoms with E-state index in [4.69, 9.17) is 9.73 Å². The molecule has 7 heteroatoms. The molecule has 0 amide bonds. The Kier molecular flexibility index (Phi) is 8.48. The fraction of sp³-hybridized carbons (Fsp3) is 0.696. The minimum absolute atomic E-state index is 0.109. The molecule has 2 N–H and O–H groups in total. The van der Waals surface area contributed by atoms with E-state index in [0.29, 0.717) is 24.5 Å². The summed E-state index contributed by atoms with van der Waals surface area (Å²) >= 11 is 0. The molecule has 3 unspecified atom stereocenters. The smallest absolute Gasteiger partial charge is 0.191 e. The number of hydrogen-bond donors (Lipinski definition) is 2. The van der Waals surface area contributed by atoms with Crippen LogP contribution in [-0.2, 0) is 4.74 Å². The number of nitrogens with zero attached hydrogens (tertiary/aromatic N) is 3. The van der Waals surface area contributed by atoms with Gasteiger partial charge in [0.2, 0.25) is 0 Å². The lowest BCUT2D eigenvalue weighted by atomic mass is 10.0. The molecule has 2 aliphatic rings. The van der Waals surface area contributed by atoms with Crippen LogP contribution in [0.1, 0.15) is 39.3 Å². The summed E-state index contributed by atoms with van der Waals surface area (Å²) in [6.07, 6.45) is 0. The van der Waals surface area contributed by atoms with Crippen LogP contribution in [-0.4, -0.2) is 80.3 Å². The predicted octanol–water partition coefficient (Wildman–Crippen LogP) is 2.48. The molecular weight excluding hydrogens is 381 g/mol. The van der Waals surface area contributed by atoms with Crippen LogP contribution in [0.5, 0.6) is 0 Å². The van der Waals surface area contributed by atoms with E-state index >= 15 is 0 Å². The first kappa shape index (κ1) is 23.0. The van der Waals surface area contributed by atoms with Gasteiger partial charge in [-0.25, -0.2) is 4.39 Å². The van der Waals surface area contributed by atoms with Crippen LogP contribution in [0.15, 0.2) is 29.3 Å². The number of ether oxygens (including phenoxy) is 1. The van der Waals surface area contributed by atoms with Crippen LogP contribution in [0.2, 0.25) is 0 Å². The van der Waals surface area contributed by atoms with Crippen molar-refractivity contribution >= 4 is 5.96 Å². The maximum Gasteiger partial charge on any atom is 0.191 e. The summed E-state index contributed by atoms with van der Waals surface area (Å²) in [4.78, 5) is 9.86. The molecule has 0 saturated carbocycles. The van der Waals surface area contributed by atoms with Gasteiger partial charge in [-0.1, -0.05) is 19.1 Å². The average Bonchev–Trinajstić information content (AvgIpc) is 3.11. The molecule has 2 heterocycles. The Labute approximate surface area is 180 Å². The van der Waals surface area contributed by atoms with Gasteiger partial charge in [0.15, 0.2) is 5.96 Å². The first-order valence-corrected chi connectivity index (χ1v) is 11.3. The van der Waals surface area contributed by atoms with E-state index in [0.717, 1.165) is 57.5 Å². The van der Waals surface area contributed by atoms with Gasteiger partial charge in [0.05, 0.1) is 25.8 Å². The van der Waals surface area contributed by atoms with Gasteiger partial charge in [0.25, 0.3) is 0 Å². The summed E-state index contributed by atoms with van der Waals surface area (Å²) in [5.41, 5.74) is 1.10. The maximum absolute atomic E-state index is 13.5. The minimum Gasteiger partial charge on any atom is -0.379 e. The van der Waals surface area contributed by atoms with Crippen molar-refractivity contribution < 1.29 is 9.13 Å². The van der Waals surface area contributed by atoms with Crippen LogP contribution in [0.25, 0.3) is 0 Å². The zero-order valence-corrected chi connectivity index (χ0v) is 18.9. The highest BCUT2D eigenvalue weighted by atomic mass is 19.1. The van der Waals surface area contributed by atoms with Crippen molar-refractivity contribution in [3.8, 4) is 0 Å². The van der Waals surface area contributed by atoms with Crippen molar-refractivity contribution in [2.75, 3.05) is 52.5 Å². The van der Waals surface area contributed by atoms with Crippen LogP contribution in [0.3, 0.4) is 0 Å². The quantitative estimate of drug-likeness (QED) is 0.525. The SMILES string of the molecule is CCNC(=NCC(c1ccc(F)cc1)N1CCOCC1)NC1CN(C(C)C)CC1C. The summed E-state index contributed by atoms with van der Waals surface area (Å²) in [6, 6.07) is 7.89. The van der Waals surface area contributed by atoms with Crippen molar-refractivity contribution in [3.63, 3.8) is 0 Å². The van der Waals surface area contributed by atoms with E-state index in [1.165, 1.54) is 12.1 Å². The van der Waals surface area contributed by atoms with Crippen molar-refractivity contribution in [1.29, 1.82) is 0 Å². The van der Waals surface area contributed by atoms with E-state index in [1.807, 2.05) is 12.1 Å². The second kappa shape index (κ2) is 11.1. The number of likely N-dealkylation sites (tertiary alicyclic amines) is 1. The molecule has 0 aliphatic carbocycles. The molecule has 0 radical (unpaired) electrons. The molecule has 6 nitrogen and oxygen atoms in total. The lowest BCUT2D eigenvalue weighted by molar-refractivity contribution is 0.0179. The highest BCUT2D eigenvalue weighted by molar-refractivity contribution is 5.80. The first-order valence-electron chi connectivity index (χ1n) is 11.3. The monoisotopic (exact) mass is 419 g/mol. The molecule has 3 atom stereocenters. The topological polar surface area (TPSA) is 52.1 Å². The number of morpholine rings is 1. The Balaban J connectivity index is 1.72. The zero-order chi connectivity index (χ0) is 21.5. The molecule has 3 rings (SSSR count). The van der Waals surface area contributed by atoms with E-state index in [1.54, 1.807) is 0 Å². The van der Waals surface area contributed by atoms with E-state index < -0.39 is 0 Å². The standard InChI is InChI=1S/C23H38FN5O/c1-5-25-23(27-21-16-29(17(2)3)15-18(21)4)26-14-22(28-10-12-30-13-11-28)19-6-8-20(24)9-7-19/h6-9,17-18,21-22H,5,10-16H2,1-4H3,(H2,25,26,27). The van der Waals surface area contributed by atoms with Crippen molar-refractivity contribution in [2.24, 2.45) is 10.9 Å². The fourth-order valence-electron chi connectivity index (χ4n) is 4.29. The number of aliphatic imine (C=N–C) groups is 1. The number of hydrogen-bond acceptors (Lipinski definition) is 4. The Morgan fingerprint density at radius 3 is 2.47 bits per heavy atom. The third-order valence-electron chi connectivity index (χ3n) is 6.20. The molecule has 2 saturated heterocycles. The fourth-order valence-corrected chi connectivity index (χ4v) is 4.29. The van der Waals surface area contributed by atoms with Gasteiger partial charge in [-0.2, -0.15) is 0 Å². The number of halogens is 1. The Morgan fingerprint density at radius 1 is 1.17 bits per heavy atom. The Hall–Kier alpha value is -1.70. The minimum atomic E-state index is -0.206. The van der Waals surface area contributed by atoms with E-state index in [2.05, 4.69) is 48.1 Å². The third kappa shape index (κ3) is 6.15. The van der Waals surface area contributed by atoms with Gasteiger partial charge < -0.3 is 15.4 Å². The number of nitrogens with one attached hydrogen (secondary N) is 2. The van der Waals surface area contributed by atoms with Crippen LogP contribution in [0.4, 0.5) is 4.39 Å². The summed E-state index contributed by atoms with van der Waals surface area (Å²) in [7, 11) is 0. The Bertz CT molecular complexity index is 675. The summed E-state index contributed by atoms with van der Waals surface area (Å²) in [5, 5.41) is 7.07. The lowest BCUT2D eigenvalue weighted by Crippen LogP contribution is -2.47. The first-order chi connectivity index (χ1) is 14.5. The molecule has 168 valence electrons. The molecule has 2 fully saturated rings. The van der Waals surface area contributed by atoms with Crippen LogP contribution in [0, 0.1) is 11.7 Å². The molecule has 0 aromatic heterocycles. The van der Waals surface area contributed by atoms with Crippen LogP contribution >= 0.6 is 0 Å². The highest BCUT2D eigenvalue weighted by Gasteiger charge is 2.31. The van der Waals surface area contributed by atoms with E-state index in [9.17, 15) is 4.39 Å². The van der Waals surface area contributed by atoms with Crippen molar-refractivity contribution in [3.05, 3.63) is 35.6 Å². The predicted molar refractivity (Wildman–Crippen MR) is 120 cm³/mol. The maximum atomic E-state index is 13.5. The second-order valence-electron chi connectivity index (χ2n) is 8.71. The third-order valence-corrected chi connectivity index (χ3v) is 6.20. The summed E-state index contributed by atoms with van der Waals surface area (Å²) < 4.78 is 19.0. The molecule has 1 aromatic carbocycles. The summed E-state index contributed by atoms with van der Waals surface area (Å²) in [5.74, 6) is 1.23. The van der Waals surface area contributed by atoms with Crippen molar-refractivity contribution in [1.82, 2.24) is 20.4 Å². The van der Waals surface area contributed by atoms with Gasteiger partial charge in [0, 0.05) is 44.8 Å². The van der Waals surface area contributed by atoms with Crippen molar-refractivity contribution in [2.45, 2.75) is 45.8 Å². The van der Waals surface area contributed by atoms with Gasteiger partial charge >= 0.3 is 0 Å². The average molecular weight is 420 g/mol. The molecular formula is C23H38FN5O. The van der Waals surface area contributed by atoms with Gasteiger partial charge in [-0.3, -0.25) is 14.8 Å². The molecule has 2 aliphatic heterocycles. The zero-order valence-electron chi connectivity index (χ0n) is 18.9. The number of benzene rings is 1. The molecule has 0 bridgehead atoms. The van der Waals surface area contributed by atoms with Crippen LogP contribution < -0.4 is 10.6 Å². The van der Waals surface area contributed by atoms with Gasteiger partial charge in [-0.15, -0.1) is 0 Å². The second-order valence-corrected chi connectivity index (χ2v) is 8.71. The number of rotatable bonds is 7. The largest absolute Gasteiger partial charge is 0.379 e. The highest BCUT2D eigenvalue weighted by Crippen LogP contribution is 2.23.